The summed E-state index contributed by atoms with van der Waals surface area (Å²) in [5, 5.41) is 4.55. The quantitative estimate of drug-likeness (QED) is 0.511. The first-order valence-electron chi connectivity index (χ1n) is 10.3. The minimum Gasteiger partial charge on any atom is -0.489 e. The van der Waals surface area contributed by atoms with Crippen LogP contribution in [-0.4, -0.2) is 48.8 Å². The molecule has 3 aromatic heterocycles. The van der Waals surface area contributed by atoms with Gasteiger partial charge in [-0.1, -0.05) is 6.92 Å². The Balaban J connectivity index is 2.06. The first kappa shape index (κ1) is 23.6. The van der Waals surface area contributed by atoms with Gasteiger partial charge in [-0.05, 0) is 41.5 Å². The highest BCUT2D eigenvalue weighted by molar-refractivity contribution is 5.68. The summed E-state index contributed by atoms with van der Waals surface area (Å²) in [6.45, 7) is 12.6. The molecule has 0 amide bonds. The fraction of sp³-hybridized carbons (Fsp3) is 0.545. The average molecular weight is 450 g/mol. The number of rotatable bonds is 7. The number of ether oxygens (including phenoxy) is 3. The maximum Gasteiger partial charge on any atom is 0.320 e. The van der Waals surface area contributed by atoms with Gasteiger partial charge in [0.2, 0.25) is 12.3 Å². The van der Waals surface area contributed by atoms with Crippen molar-refractivity contribution in [3.05, 3.63) is 24.7 Å². The largest absolute Gasteiger partial charge is 0.489 e. The molecular weight excluding hydrogens is 420 g/mol. The molecule has 0 spiro atoms. The van der Waals surface area contributed by atoms with Crippen LogP contribution in [-0.2, 0) is 0 Å². The molecule has 10 heteroatoms. The van der Waals surface area contributed by atoms with Gasteiger partial charge in [0.1, 0.15) is 16.9 Å². The van der Waals surface area contributed by atoms with Gasteiger partial charge in [0, 0.05) is 24.7 Å². The Morgan fingerprint density at radius 3 is 2.34 bits per heavy atom. The Morgan fingerprint density at radius 1 is 1.03 bits per heavy atom. The van der Waals surface area contributed by atoms with Crippen molar-refractivity contribution in [2.75, 3.05) is 6.61 Å². The van der Waals surface area contributed by atoms with E-state index in [-0.39, 0.29) is 18.5 Å². The summed E-state index contributed by atoms with van der Waals surface area (Å²) in [5.74, 6) is -0.326. The van der Waals surface area contributed by atoms with Gasteiger partial charge in [-0.3, -0.25) is 0 Å². The molecule has 0 aliphatic carbocycles. The minimum absolute atomic E-state index is 0.163. The van der Waals surface area contributed by atoms with Crippen LogP contribution >= 0.6 is 0 Å². The van der Waals surface area contributed by atoms with Crippen LogP contribution in [0.4, 0.5) is 8.78 Å². The van der Waals surface area contributed by atoms with Crippen molar-refractivity contribution < 1.29 is 23.0 Å². The van der Waals surface area contributed by atoms with E-state index in [4.69, 9.17) is 14.2 Å². The second kappa shape index (κ2) is 8.84. The van der Waals surface area contributed by atoms with Crippen LogP contribution < -0.4 is 14.2 Å². The van der Waals surface area contributed by atoms with Crippen molar-refractivity contribution in [2.45, 2.75) is 66.1 Å². The van der Waals surface area contributed by atoms with Crippen LogP contribution in [0.15, 0.2) is 24.7 Å². The highest BCUT2D eigenvalue weighted by atomic mass is 19.3. The summed E-state index contributed by atoms with van der Waals surface area (Å²) in [6.07, 6.45) is 2.28. The van der Waals surface area contributed by atoms with Crippen molar-refractivity contribution in [1.82, 2.24) is 24.6 Å². The summed E-state index contributed by atoms with van der Waals surface area (Å²) < 4.78 is 44.9. The Hall–Kier alpha value is -3.04. The summed E-state index contributed by atoms with van der Waals surface area (Å²) >= 11 is 0. The predicted octanol–water partition coefficient (Wildman–Crippen LogP) is 4.82. The molecule has 174 valence electrons. The smallest absolute Gasteiger partial charge is 0.320 e. The molecule has 0 saturated carbocycles. The molecule has 8 nitrogen and oxygen atoms in total. The summed E-state index contributed by atoms with van der Waals surface area (Å²) in [7, 11) is 0. The van der Waals surface area contributed by atoms with Gasteiger partial charge in [-0.25, -0.2) is 23.3 Å². The van der Waals surface area contributed by atoms with Crippen LogP contribution in [0.1, 0.15) is 48.5 Å². The molecule has 0 aliphatic rings. The maximum atomic E-state index is 12.9. The van der Waals surface area contributed by atoms with E-state index < -0.39 is 23.5 Å². The first-order chi connectivity index (χ1) is 14.8. The van der Waals surface area contributed by atoms with Crippen LogP contribution in [0.2, 0.25) is 0 Å². The lowest BCUT2D eigenvalue weighted by atomic mass is 10.1. The lowest BCUT2D eigenvalue weighted by molar-refractivity contribution is 0.0581. The summed E-state index contributed by atoms with van der Waals surface area (Å²) in [6, 6.07) is 1.80. The highest BCUT2D eigenvalue weighted by Crippen LogP contribution is 2.33. The third-order valence-corrected chi connectivity index (χ3v) is 4.07. The molecule has 0 aromatic carbocycles. The molecule has 1 unspecified atom stereocenters. The van der Waals surface area contributed by atoms with Crippen LogP contribution in [0.3, 0.4) is 0 Å². The lowest BCUT2D eigenvalue weighted by Crippen LogP contribution is -2.26. The van der Waals surface area contributed by atoms with Gasteiger partial charge < -0.3 is 14.2 Å². The average Bonchev–Trinajstić information content (AvgIpc) is 3.12. The highest BCUT2D eigenvalue weighted by Gasteiger charge is 2.23. The minimum atomic E-state index is -2.48. The molecular formula is C22H29F2N5O3. The lowest BCUT2D eigenvalue weighted by Gasteiger charge is -2.24. The first-order valence-corrected chi connectivity index (χ1v) is 10.3. The zero-order valence-corrected chi connectivity index (χ0v) is 19.4. The van der Waals surface area contributed by atoms with E-state index >= 15 is 0 Å². The normalized spacial score (nSPS) is 13.4. The number of hydrogen-bond acceptors (Lipinski definition) is 7. The van der Waals surface area contributed by atoms with E-state index in [1.54, 1.807) is 24.7 Å². The van der Waals surface area contributed by atoms with E-state index in [0.717, 1.165) is 0 Å². The van der Waals surface area contributed by atoms with Crippen LogP contribution in [0, 0.1) is 5.92 Å². The number of alkyl halides is 2. The fourth-order valence-corrected chi connectivity index (χ4v) is 2.64. The summed E-state index contributed by atoms with van der Waals surface area (Å²) in [5.41, 5.74) is 0.326. The molecule has 3 rings (SSSR count). The molecule has 3 aromatic rings. The fourth-order valence-electron chi connectivity index (χ4n) is 2.64. The van der Waals surface area contributed by atoms with Gasteiger partial charge >= 0.3 is 6.01 Å². The number of fused-ring (bicyclic) bond motifs is 1. The van der Waals surface area contributed by atoms with E-state index in [9.17, 15) is 8.78 Å². The number of hydrogen-bond donors (Lipinski definition) is 0. The summed E-state index contributed by atoms with van der Waals surface area (Å²) in [4.78, 5) is 13.0. The SMILES string of the molecule is CC(COc1cc(-c2cnc(OC(C)(C)C)nc2OC(C)(C)C)nn2ccnc12)C(F)F. The van der Waals surface area contributed by atoms with Crippen LogP contribution in [0.25, 0.3) is 16.9 Å². The molecule has 3 heterocycles. The Bertz CT molecular complexity index is 1070. The van der Waals surface area contributed by atoms with E-state index in [1.165, 1.54) is 11.4 Å². The van der Waals surface area contributed by atoms with E-state index in [1.807, 2.05) is 41.5 Å². The van der Waals surface area contributed by atoms with Gasteiger partial charge in [0.05, 0.1) is 18.1 Å². The van der Waals surface area contributed by atoms with Crippen molar-refractivity contribution >= 4 is 5.65 Å². The monoisotopic (exact) mass is 449 g/mol. The topological polar surface area (TPSA) is 83.7 Å². The zero-order chi connectivity index (χ0) is 23.7. The number of aromatic nitrogens is 5. The van der Waals surface area contributed by atoms with Crippen LogP contribution in [0.5, 0.6) is 17.6 Å². The second-order valence-electron chi connectivity index (χ2n) is 9.51. The van der Waals surface area contributed by atoms with E-state index in [2.05, 4.69) is 20.1 Å². The van der Waals surface area contributed by atoms with Crippen molar-refractivity contribution in [2.24, 2.45) is 5.92 Å². The van der Waals surface area contributed by atoms with Gasteiger partial charge in [0.25, 0.3) is 0 Å². The molecule has 0 fully saturated rings. The number of halogens is 2. The number of imidazole rings is 1. The zero-order valence-electron chi connectivity index (χ0n) is 19.4. The number of nitrogens with zero attached hydrogens (tertiary/aromatic N) is 5. The Labute approximate surface area is 186 Å². The van der Waals surface area contributed by atoms with Gasteiger partial charge in [-0.15, -0.1) is 0 Å². The molecule has 0 bridgehead atoms. The van der Waals surface area contributed by atoms with Gasteiger partial charge in [-0.2, -0.15) is 10.1 Å². The van der Waals surface area contributed by atoms with Crippen molar-refractivity contribution in [3.63, 3.8) is 0 Å². The Kier molecular flexibility index (Phi) is 6.52. The van der Waals surface area contributed by atoms with Crippen molar-refractivity contribution in [3.8, 4) is 28.9 Å². The van der Waals surface area contributed by atoms with E-state index in [0.29, 0.717) is 22.7 Å². The van der Waals surface area contributed by atoms with Crippen molar-refractivity contribution in [1.29, 1.82) is 0 Å². The molecule has 0 saturated heterocycles. The molecule has 0 aliphatic heterocycles. The standard InChI is InChI=1S/C22H29F2N5O3/c1-13(17(23)24)12-30-16-10-15(28-29-9-8-25-18(16)29)14-11-26-20(32-22(5,6)7)27-19(14)31-21(2,3)4/h8-11,13,17H,12H2,1-7H3. The van der Waals surface area contributed by atoms with Gasteiger partial charge in [0.15, 0.2) is 11.4 Å². The molecule has 0 N–H and O–H groups in total. The second-order valence-corrected chi connectivity index (χ2v) is 9.51. The third-order valence-electron chi connectivity index (χ3n) is 4.07. The molecule has 32 heavy (non-hydrogen) atoms. The molecule has 1 atom stereocenters. The third kappa shape index (κ3) is 6.02. The maximum absolute atomic E-state index is 12.9. The molecule has 0 radical (unpaired) electrons. The Morgan fingerprint density at radius 2 is 1.72 bits per heavy atom. The predicted molar refractivity (Wildman–Crippen MR) is 115 cm³/mol.